The van der Waals surface area contributed by atoms with Crippen molar-refractivity contribution in [2.45, 2.75) is 31.7 Å². The number of anilines is 1. The molecular formula is C11H16IN3O. The summed E-state index contributed by atoms with van der Waals surface area (Å²) in [5, 5.41) is 9.16. The van der Waals surface area contributed by atoms with Gasteiger partial charge < -0.3 is 10.0 Å². The molecule has 0 saturated heterocycles. The topological polar surface area (TPSA) is 49.2 Å². The van der Waals surface area contributed by atoms with E-state index in [1.165, 1.54) is 25.7 Å². The second-order valence-corrected chi connectivity index (χ2v) is 5.21. The zero-order valence-corrected chi connectivity index (χ0v) is 11.3. The Kier molecular flexibility index (Phi) is 4.34. The molecule has 16 heavy (non-hydrogen) atoms. The molecule has 0 amide bonds. The van der Waals surface area contributed by atoms with Crippen molar-refractivity contribution in [1.82, 2.24) is 9.97 Å². The van der Waals surface area contributed by atoms with Crippen molar-refractivity contribution in [3.63, 3.8) is 0 Å². The molecule has 1 aliphatic carbocycles. The summed E-state index contributed by atoms with van der Waals surface area (Å²) in [4.78, 5) is 10.6. The third kappa shape index (κ3) is 2.63. The largest absolute Gasteiger partial charge is 0.395 e. The maximum atomic E-state index is 9.16. The fourth-order valence-corrected chi connectivity index (χ4v) is 2.91. The van der Waals surface area contributed by atoms with Gasteiger partial charge in [0, 0.05) is 18.8 Å². The first-order valence-electron chi connectivity index (χ1n) is 5.66. The molecule has 0 atom stereocenters. The Bertz CT molecular complexity index is 342. The lowest BCUT2D eigenvalue weighted by molar-refractivity contribution is 0.296. The van der Waals surface area contributed by atoms with Crippen LogP contribution >= 0.6 is 22.6 Å². The van der Waals surface area contributed by atoms with Gasteiger partial charge in [0.1, 0.15) is 12.1 Å². The van der Waals surface area contributed by atoms with E-state index < -0.39 is 0 Å². The Morgan fingerprint density at radius 1 is 1.44 bits per heavy atom. The van der Waals surface area contributed by atoms with Crippen LogP contribution in [0.5, 0.6) is 0 Å². The van der Waals surface area contributed by atoms with Crippen molar-refractivity contribution in [3.8, 4) is 0 Å². The van der Waals surface area contributed by atoms with Gasteiger partial charge in [-0.1, -0.05) is 12.8 Å². The van der Waals surface area contributed by atoms with Gasteiger partial charge in [-0.05, 0) is 35.4 Å². The number of hydrogen-bond acceptors (Lipinski definition) is 4. The lowest BCUT2D eigenvalue weighted by Gasteiger charge is -2.29. The summed E-state index contributed by atoms with van der Waals surface area (Å²) >= 11 is 2.25. The average molecular weight is 333 g/mol. The van der Waals surface area contributed by atoms with E-state index in [-0.39, 0.29) is 6.61 Å². The van der Waals surface area contributed by atoms with Gasteiger partial charge in [0.25, 0.3) is 0 Å². The van der Waals surface area contributed by atoms with Crippen molar-refractivity contribution in [2.24, 2.45) is 0 Å². The predicted molar refractivity (Wildman–Crippen MR) is 71.4 cm³/mol. The lowest BCUT2D eigenvalue weighted by Crippen LogP contribution is -2.36. The van der Waals surface area contributed by atoms with Crippen molar-refractivity contribution >= 4 is 28.4 Å². The molecule has 1 aromatic rings. The third-order valence-corrected chi connectivity index (χ3v) is 3.79. The minimum Gasteiger partial charge on any atom is -0.395 e. The molecule has 1 aromatic heterocycles. The Labute approximate surface area is 109 Å². The van der Waals surface area contributed by atoms with E-state index >= 15 is 0 Å². The Morgan fingerprint density at radius 3 is 2.81 bits per heavy atom. The van der Waals surface area contributed by atoms with Crippen LogP contribution in [0.4, 0.5) is 5.82 Å². The highest BCUT2D eigenvalue weighted by atomic mass is 127. The number of aliphatic hydroxyl groups excluding tert-OH is 1. The first-order chi connectivity index (χ1) is 7.83. The summed E-state index contributed by atoms with van der Waals surface area (Å²) < 4.78 is 1.06. The van der Waals surface area contributed by atoms with Gasteiger partial charge in [-0.25, -0.2) is 9.97 Å². The normalized spacial score (nSPS) is 16.6. The smallest absolute Gasteiger partial charge is 0.145 e. The highest BCUT2D eigenvalue weighted by Gasteiger charge is 2.24. The van der Waals surface area contributed by atoms with Gasteiger partial charge in [0.15, 0.2) is 0 Å². The summed E-state index contributed by atoms with van der Waals surface area (Å²) in [5.74, 6) is 0.969. The standard InChI is InChI=1S/C11H16IN3O/c12-10-7-13-8-14-11(10)15(5-6-16)9-3-1-2-4-9/h7-9,16H,1-6H2. The first kappa shape index (κ1) is 12.0. The van der Waals surface area contributed by atoms with E-state index in [0.717, 1.165) is 9.39 Å². The van der Waals surface area contributed by atoms with Crippen LogP contribution in [-0.2, 0) is 0 Å². The maximum Gasteiger partial charge on any atom is 0.145 e. The summed E-state index contributed by atoms with van der Waals surface area (Å²) in [5.41, 5.74) is 0. The zero-order valence-electron chi connectivity index (χ0n) is 9.14. The molecule has 1 fully saturated rings. The fraction of sp³-hybridized carbons (Fsp3) is 0.636. The summed E-state index contributed by atoms with van der Waals surface area (Å²) in [6, 6.07) is 0.538. The molecule has 0 unspecified atom stereocenters. The number of rotatable bonds is 4. The van der Waals surface area contributed by atoms with Crippen LogP contribution in [0, 0.1) is 3.57 Å². The van der Waals surface area contributed by atoms with Gasteiger partial charge >= 0.3 is 0 Å². The fourth-order valence-electron chi connectivity index (χ4n) is 2.30. The van der Waals surface area contributed by atoms with Crippen molar-refractivity contribution < 1.29 is 5.11 Å². The second kappa shape index (κ2) is 5.77. The van der Waals surface area contributed by atoms with Gasteiger partial charge in [-0.2, -0.15) is 0 Å². The predicted octanol–water partition coefficient (Wildman–Crippen LogP) is 1.82. The number of nitrogens with zero attached hydrogens (tertiary/aromatic N) is 3. The van der Waals surface area contributed by atoms with Crippen molar-refractivity contribution in [2.75, 3.05) is 18.1 Å². The first-order valence-corrected chi connectivity index (χ1v) is 6.74. The van der Waals surface area contributed by atoms with Crippen LogP contribution in [0.3, 0.4) is 0 Å². The molecule has 4 nitrogen and oxygen atoms in total. The lowest BCUT2D eigenvalue weighted by atomic mass is 10.2. The van der Waals surface area contributed by atoms with E-state index in [9.17, 15) is 0 Å². The molecular weight excluding hydrogens is 317 g/mol. The molecule has 5 heteroatoms. The van der Waals surface area contributed by atoms with Crippen LogP contribution in [0.2, 0.25) is 0 Å². The summed E-state index contributed by atoms with van der Waals surface area (Å²) in [6.07, 6.45) is 8.39. The number of aromatic nitrogens is 2. The summed E-state index contributed by atoms with van der Waals surface area (Å²) in [6.45, 7) is 0.842. The number of aliphatic hydroxyl groups is 1. The van der Waals surface area contributed by atoms with Gasteiger partial charge in [0.05, 0.1) is 10.2 Å². The maximum absolute atomic E-state index is 9.16. The zero-order chi connectivity index (χ0) is 11.4. The third-order valence-electron chi connectivity index (χ3n) is 3.03. The van der Waals surface area contributed by atoms with Crippen LogP contribution < -0.4 is 4.90 Å². The molecule has 0 aliphatic heterocycles. The van der Waals surface area contributed by atoms with Crippen LogP contribution in [0.15, 0.2) is 12.5 Å². The van der Waals surface area contributed by atoms with Crippen molar-refractivity contribution in [3.05, 3.63) is 16.1 Å². The van der Waals surface area contributed by atoms with Gasteiger partial charge in [-0.15, -0.1) is 0 Å². The SMILES string of the molecule is OCCN(c1ncncc1I)C1CCCC1. The highest BCUT2D eigenvalue weighted by Crippen LogP contribution is 2.28. The molecule has 2 rings (SSSR count). The quantitative estimate of drug-likeness (QED) is 0.854. The molecule has 0 aromatic carbocycles. The minimum absolute atomic E-state index is 0.177. The molecule has 1 saturated carbocycles. The second-order valence-electron chi connectivity index (χ2n) is 4.05. The van der Waals surface area contributed by atoms with Crippen molar-refractivity contribution in [1.29, 1.82) is 0 Å². The number of hydrogen-bond donors (Lipinski definition) is 1. The van der Waals surface area contributed by atoms with E-state index in [4.69, 9.17) is 5.11 Å². The number of halogens is 1. The average Bonchev–Trinajstić information content (AvgIpc) is 2.80. The molecule has 88 valence electrons. The molecule has 1 heterocycles. The van der Waals surface area contributed by atoms with Crippen LogP contribution in [0.25, 0.3) is 0 Å². The van der Waals surface area contributed by atoms with E-state index in [1.54, 1.807) is 6.33 Å². The van der Waals surface area contributed by atoms with Crippen LogP contribution in [0.1, 0.15) is 25.7 Å². The molecule has 0 radical (unpaired) electrons. The Morgan fingerprint density at radius 2 is 2.19 bits per heavy atom. The molecule has 1 N–H and O–H groups in total. The Balaban J connectivity index is 2.21. The van der Waals surface area contributed by atoms with Gasteiger partial charge in [0.2, 0.25) is 0 Å². The van der Waals surface area contributed by atoms with E-state index in [2.05, 4.69) is 37.5 Å². The molecule has 0 spiro atoms. The highest BCUT2D eigenvalue weighted by molar-refractivity contribution is 14.1. The van der Waals surface area contributed by atoms with E-state index in [1.807, 2.05) is 6.20 Å². The van der Waals surface area contributed by atoms with Gasteiger partial charge in [-0.3, -0.25) is 0 Å². The Hall–Kier alpha value is -0.430. The molecule has 0 bridgehead atoms. The van der Waals surface area contributed by atoms with E-state index in [0.29, 0.717) is 12.6 Å². The molecule has 1 aliphatic rings. The summed E-state index contributed by atoms with van der Waals surface area (Å²) in [7, 11) is 0. The minimum atomic E-state index is 0.177. The van der Waals surface area contributed by atoms with Crippen LogP contribution in [-0.4, -0.2) is 34.3 Å². The monoisotopic (exact) mass is 333 g/mol.